The lowest BCUT2D eigenvalue weighted by Crippen LogP contribution is -2.29. The van der Waals surface area contributed by atoms with Crippen LogP contribution in [0.3, 0.4) is 0 Å². The Labute approximate surface area is 106 Å². The number of ketones is 1. The van der Waals surface area contributed by atoms with Gasteiger partial charge in [-0.25, -0.2) is 8.78 Å². The molecule has 1 fully saturated rings. The van der Waals surface area contributed by atoms with Gasteiger partial charge < -0.3 is 0 Å². The summed E-state index contributed by atoms with van der Waals surface area (Å²) in [4.78, 5) is 12.3. The molecule has 1 nitrogen and oxygen atoms in total. The highest BCUT2D eigenvalue weighted by Gasteiger charge is 2.38. The van der Waals surface area contributed by atoms with Crippen LogP contribution >= 0.6 is 0 Å². The topological polar surface area (TPSA) is 17.1 Å². The summed E-state index contributed by atoms with van der Waals surface area (Å²) < 4.78 is 26.6. The maximum atomic E-state index is 13.5. The highest BCUT2D eigenvalue weighted by Crippen LogP contribution is 2.42. The van der Waals surface area contributed by atoms with Gasteiger partial charge in [0.2, 0.25) is 0 Å². The molecule has 1 aromatic rings. The van der Waals surface area contributed by atoms with Crippen LogP contribution in [0.25, 0.3) is 0 Å². The van der Waals surface area contributed by atoms with Gasteiger partial charge in [-0.1, -0.05) is 19.8 Å². The third-order valence-corrected chi connectivity index (χ3v) is 4.19. The van der Waals surface area contributed by atoms with Crippen LogP contribution in [0.4, 0.5) is 8.78 Å². The van der Waals surface area contributed by atoms with E-state index in [1.807, 2.05) is 6.92 Å². The molecule has 0 bridgehead atoms. The summed E-state index contributed by atoms with van der Waals surface area (Å²) in [7, 11) is 0. The van der Waals surface area contributed by atoms with Gasteiger partial charge >= 0.3 is 0 Å². The van der Waals surface area contributed by atoms with Crippen molar-refractivity contribution in [2.45, 2.75) is 45.4 Å². The highest BCUT2D eigenvalue weighted by molar-refractivity contribution is 5.87. The van der Waals surface area contributed by atoms with E-state index in [-0.39, 0.29) is 23.2 Å². The molecule has 1 aromatic carbocycles. The monoisotopic (exact) mass is 252 g/mol. The predicted octanol–water partition coefficient (Wildman–Crippen LogP) is 4.05. The Morgan fingerprint density at radius 1 is 1.28 bits per heavy atom. The lowest BCUT2D eigenvalue weighted by Gasteiger charge is -2.25. The zero-order chi connectivity index (χ0) is 13.2. The summed E-state index contributed by atoms with van der Waals surface area (Å²) in [6, 6.07) is 3.30. The van der Waals surface area contributed by atoms with Crippen molar-refractivity contribution in [1.82, 2.24) is 0 Å². The fraction of sp³-hybridized carbons (Fsp3) is 0.533. The van der Waals surface area contributed by atoms with Gasteiger partial charge in [0.1, 0.15) is 17.4 Å². The number of Topliss-reactive ketones (excluding diaryl/α,β-unsaturated/α-hetero) is 1. The van der Waals surface area contributed by atoms with Crippen molar-refractivity contribution in [3.8, 4) is 0 Å². The van der Waals surface area contributed by atoms with Crippen molar-refractivity contribution in [1.29, 1.82) is 0 Å². The molecular weight excluding hydrogens is 234 g/mol. The smallest absolute Gasteiger partial charge is 0.143 e. The van der Waals surface area contributed by atoms with Gasteiger partial charge in [-0.15, -0.1) is 0 Å². The molecule has 0 amide bonds. The normalized spacial score (nSPS) is 17.9. The number of rotatable bonds is 4. The number of benzene rings is 1. The van der Waals surface area contributed by atoms with Gasteiger partial charge in [-0.05, 0) is 43.0 Å². The molecule has 0 unspecified atom stereocenters. The molecule has 0 saturated heterocycles. The van der Waals surface area contributed by atoms with Gasteiger partial charge in [0.15, 0.2) is 0 Å². The maximum Gasteiger partial charge on any atom is 0.143 e. The zero-order valence-corrected chi connectivity index (χ0v) is 10.6. The van der Waals surface area contributed by atoms with E-state index in [0.717, 1.165) is 50.3 Å². The number of halogens is 2. The fourth-order valence-corrected chi connectivity index (χ4v) is 2.92. The summed E-state index contributed by atoms with van der Waals surface area (Å²) in [6.45, 7) is 2.01. The largest absolute Gasteiger partial charge is 0.299 e. The van der Waals surface area contributed by atoms with Crippen LogP contribution in [0, 0.1) is 17.0 Å². The minimum atomic E-state index is -0.492. The van der Waals surface area contributed by atoms with Crippen LogP contribution in [-0.2, 0) is 11.2 Å². The summed E-state index contributed by atoms with van der Waals surface area (Å²) in [5, 5.41) is 0. The van der Waals surface area contributed by atoms with Gasteiger partial charge in [-0.2, -0.15) is 0 Å². The van der Waals surface area contributed by atoms with Crippen molar-refractivity contribution in [2.24, 2.45) is 5.41 Å². The number of carbonyl (C=O) groups excluding carboxylic acids is 1. The molecule has 0 atom stereocenters. The second kappa shape index (κ2) is 5.17. The molecule has 0 aromatic heterocycles. The van der Waals surface area contributed by atoms with Crippen molar-refractivity contribution in [3.05, 3.63) is 35.4 Å². The van der Waals surface area contributed by atoms with Crippen molar-refractivity contribution < 1.29 is 13.6 Å². The van der Waals surface area contributed by atoms with E-state index in [1.54, 1.807) is 0 Å². The number of hydrogen-bond donors (Lipinski definition) is 0. The van der Waals surface area contributed by atoms with E-state index >= 15 is 0 Å². The summed E-state index contributed by atoms with van der Waals surface area (Å²) in [6.07, 6.45) is 4.70. The third kappa shape index (κ3) is 2.45. The van der Waals surface area contributed by atoms with Gasteiger partial charge in [-0.3, -0.25) is 4.79 Å². The minimum Gasteiger partial charge on any atom is -0.299 e. The van der Waals surface area contributed by atoms with Gasteiger partial charge in [0, 0.05) is 11.8 Å². The maximum absolute atomic E-state index is 13.5. The quantitative estimate of drug-likeness (QED) is 0.790. The Bertz CT molecular complexity index is 448. The fourth-order valence-electron chi connectivity index (χ4n) is 2.92. The molecule has 0 aliphatic heterocycles. The Kier molecular flexibility index (Phi) is 3.79. The first-order chi connectivity index (χ1) is 8.57. The van der Waals surface area contributed by atoms with Crippen LogP contribution in [-0.4, -0.2) is 5.78 Å². The van der Waals surface area contributed by atoms with Crippen LogP contribution in [0.1, 0.15) is 44.6 Å². The van der Waals surface area contributed by atoms with E-state index in [1.165, 1.54) is 0 Å². The van der Waals surface area contributed by atoms with Gasteiger partial charge in [0.05, 0.1) is 0 Å². The third-order valence-electron chi connectivity index (χ3n) is 4.19. The second-order valence-corrected chi connectivity index (χ2v) is 5.18. The van der Waals surface area contributed by atoms with Gasteiger partial charge in [0.25, 0.3) is 0 Å². The lowest BCUT2D eigenvalue weighted by atomic mass is 9.77. The molecule has 1 aliphatic rings. The molecule has 18 heavy (non-hydrogen) atoms. The molecule has 98 valence electrons. The second-order valence-electron chi connectivity index (χ2n) is 5.18. The van der Waals surface area contributed by atoms with E-state index in [2.05, 4.69) is 0 Å². The molecule has 0 radical (unpaired) electrons. The van der Waals surface area contributed by atoms with Crippen LogP contribution in [0.2, 0.25) is 0 Å². The Morgan fingerprint density at radius 2 is 1.94 bits per heavy atom. The molecule has 1 saturated carbocycles. The van der Waals surface area contributed by atoms with E-state index < -0.39 is 11.6 Å². The highest BCUT2D eigenvalue weighted by atomic mass is 19.1. The molecule has 0 N–H and O–H groups in total. The Balaban J connectivity index is 2.18. The predicted molar refractivity (Wildman–Crippen MR) is 66.3 cm³/mol. The Hall–Kier alpha value is -1.25. The molecule has 2 rings (SSSR count). The van der Waals surface area contributed by atoms with E-state index in [9.17, 15) is 13.6 Å². The zero-order valence-electron chi connectivity index (χ0n) is 10.6. The van der Waals surface area contributed by atoms with Crippen molar-refractivity contribution in [3.63, 3.8) is 0 Å². The molecule has 3 heteroatoms. The molecule has 1 aliphatic carbocycles. The molecule has 0 heterocycles. The van der Waals surface area contributed by atoms with Crippen molar-refractivity contribution in [2.75, 3.05) is 0 Å². The van der Waals surface area contributed by atoms with Crippen LogP contribution < -0.4 is 0 Å². The standard InChI is InChI=1S/C15H18F2O/c1-2-15(7-3-4-8-15)14(18)10-11-9-12(16)5-6-13(11)17/h5-6,9H,2-4,7-8,10H2,1H3. The van der Waals surface area contributed by atoms with Crippen LogP contribution in [0.5, 0.6) is 0 Å². The number of hydrogen-bond acceptors (Lipinski definition) is 1. The van der Waals surface area contributed by atoms with Crippen molar-refractivity contribution >= 4 is 5.78 Å². The minimum absolute atomic E-state index is 0.0113. The van der Waals surface area contributed by atoms with E-state index in [0.29, 0.717) is 0 Å². The lowest BCUT2D eigenvalue weighted by molar-refractivity contribution is -0.128. The first kappa shape index (κ1) is 13.2. The summed E-state index contributed by atoms with van der Waals surface area (Å²) >= 11 is 0. The number of carbonyl (C=O) groups is 1. The van der Waals surface area contributed by atoms with Crippen LogP contribution in [0.15, 0.2) is 18.2 Å². The SMILES string of the molecule is CCC1(C(=O)Cc2cc(F)ccc2F)CCCC1. The Morgan fingerprint density at radius 3 is 2.56 bits per heavy atom. The van der Waals surface area contributed by atoms with E-state index in [4.69, 9.17) is 0 Å². The molecular formula is C15H18F2O. The first-order valence-electron chi connectivity index (χ1n) is 6.54. The summed E-state index contributed by atoms with van der Waals surface area (Å²) in [5.41, 5.74) is -0.113. The average molecular weight is 252 g/mol. The molecule has 0 spiro atoms. The first-order valence-corrected chi connectivity index (χ1v) is 6.54. The average Bonchev–Trinajstić information content (AvgIpc) is 2.84. The summed E-state index contributed by atoms with van der Waals surface area (Å²) in [5.74, 6) is -0.919.